The minimum atomic E-state index is -3.93. The molecule has 0 amide bonds. The van der Waals surface area contributed by atoms with Crippen molar-refractivity contribution < 1.29 is 47.7 Å². The number of rotatable bonds is 8. The summed E-state index contributed by atoms with van der Waals surface area (Å²) in [5.41, 5.74) is 2.82. The predicted molar refractivity (Wildman–Crippen MR) is 263 cm³/mol. The molecule has 64 heavy (non-hydrogen) atoms. The van der Waals surface area contributed by atoms with Gasteiger partial charge in [-0.1, -0.05) is 173 Å². The van der Waals surface area contributed by atoms with Gasteiger partial charge in [-0.15, -0.1) is 23.8 Å². The monoisotopic (exact) mass is 1030 g/mol. The Morgan fingerprint density at radius 1 is 0.641 bits per heavy atom. The molecule has 0 atom stereocenters. The smallest absolute Gasteiger partial charge is 0.665 e. The topological polar surface area (TPSA) is 39.9 Å². The molecule has 9 aromatic rings. The van der Waals surface area contributed by atoms with E-state index in [9.17, 15) is 4.11 Å². The van der Waals surface area contributed by atoms with Crippen molar-refractivity contribution in [1.29, 1.82) is 0 Å². The van der Waals surface area contributed by atoms with Gasteiger partial charge in [0.15, 0.2) is 0 Å². The summed E-state index contributed by atoms with van der Waals surface area (Å²) in [6.45, 7) is -1.38. The molecule has 0 unspecified atom stereocenters. The number of fused-ring (bicyclic) bond motifs is 1. The second-order valence-corrected chi connectivity index (χ2v) is 16.7. The van der Waals surface area contributed by atoms with Gasteiger partial charge in [0.1, 0.15) is 5.82 Å². The number of imidazole rings is 1. The van der Waals surface area contributed by atoms with E-state index in [0.29, 0.717) is 44.9 Å². The Hall–Kier alpha value is -6.35. The van der Waals surface area contributed by atoms with E-state index in [-0.39, 0.29) is 37.7 Å². The van der Waals surface area contributed by atoms with Crippen LogP contribution in [0.5, 0.6) is 5.75 Å². The Morgan fingerprint density at radius 3 is 1.97 bits per heavy atom. The van der Waals surface area contributed by atoms with E-state index in [2.05, 4.69) is 73.8 Å². The van der Waals surface area contributed by atoms with Gasteiger partial charge in [-0.3, -0.25) is 9.55 Å². The average Bonchev–Trinajstić information content (AvgIpc) is 3.84. The first kappa shape index (κ1) is 28.4. The summed E-state index contributed by atoms with van der Waals surface area (Å²) in [7, 11) is 3.84. The largest absolute Gasteiger partial charge is 2.00 e. The first-order valence-corrected chi connectivity index (χ1v) is 20.4. The third-order valence-electron chi connectivity index (χ3n) is 11.0. The molecular formula is C59H53N3OPt. The van der Waals surface area contributed by atoms with E-state index in [4.69, 9.17) is 27.5 Å². The number of nitrogens with zero attached hydrogens (tertiary/aromatic N) is 3. The number of aryl methyl sites for hydroxylation is 2. The van der Waals surface area contributed by atoms with Gasteiger partial charge in [-0.25, -0.2) is 4.98 Å². The molecule has 4 nitrogen and oxygen atoms in total. The van der Waals surface area contributed by atoms with Crippen molar-refractivity contribution >= 4 is 11.0 Å². The number of pyridine rings is 1. The molecule has 2 heterocycles. The fourth-order valence-electron chi connectivity index (χ4n) is 7.88. The maximum absolute atomic E-state index is 9.71. The van der Waals surface area contributed by atoms with Crippen molar-refractivity contribution in [3.05, 3.63) is 199 Å². The third-order valence-corrected chi connectivity index (χ3v) is 11.0. The summed E-state index contributed by atoms with van der Waals surface area (Å²) in [5, 5.41) is 0. The fraction of sp³-hybridized carbons (Fsp3) is 0.169. The molecule has 0 aliphatic carbocycles. The van der Waals surface area contributed by atoms with Crippen molar-refractivity contribution in [2.75, 3.05) is 0 Å². The molecule has 7 aromatic carbocycles. The van der Waals surface area contributed by atoms with E-state index in [1.807, 2.05) is 98.8 Å². The van der Waals surface area contributed by atoms with Crippen molar-refractivity contribution in [2.45, 2.75) is 66.0 Å². The van der Waals surface area contributed by atoms with Gasteiger partial charge in [-0.05, 0) is 105 Å². The number of hydrogen-bond donors (Lipinski definition) is 0. The summed E-state index contributed by atoms with van der Waals surface area (Å²) in [6.07, 6.45) is -0.751. The van der Waals surface area contributed by atoms with Crippen LogP contribution >= 0.6 is 0 Å². The van der Waals surface area contributed by atoms with Crippen LogP contribution in [0.1, 0.15) is 85.5 Å². The Labute approximate surface area is 415 Å². The zero-order valence-electron chi connectivity index (χ0n) is 51.8. The summed E-state index contributed by atoms with van der Waals surface area (Å²) in [5.74, 6) is 1.07. The number of benzene rings is 7. The molecule has 0 N–H and O–H groups in total. The summed E-state index contributed by atoms with van der Waals surface area (Å²) in [6, 6.07) is 36.2. The molecular weight excluding hydrogens is 962 g/mol. The van der Waals surface area contributed by atoms with Crippen LogP contribution in [0, 0.1) is 27.0 Å². The van der Waals surface area contributed by atoms with Gasteiger partial charge in [0.25, 0.3) is 0 Å². The van der Waals surface area contributed by atoms with Gasteiger partial charge in [0.05, 0.1) is 31.9 Å². The van der Waals surface area contributed by atoms with Crippen molar-refractivity contribution in [3.63, 3.8) is 0 Å². The van der Waals surface area contributed by atoms with Gasteiger partial charge < -0.3 is 4.74 Å². The zero-order chi connectivity index (χ0) is 57.6. The van der Waals surface area contributed by atoms with Gasteiger partial charge in [-0.2, -0.15) is 7.11 Å². The molecule has 0 radical (unpaired) electrons. The molecule has 9 rings (SSSR count). The molecule has 5 heteroatoms. The fourth-order valence-corrected chi connectivity index (χ4v) is 7.88. The maximum Gasteiger partial charge on any atom is 2.00 e. The van der Waals surface area contributed by atoms with Crippen LogP contribution in [0.25, 0.3) is 83.9 Å². The maximum atomic E-state index is 9.71. The van der Waals surface area contributed by atoms with E-state index in [0.717, 1.165) is 39.1 Å². The van der Waals surface area contributed by atoms with E-state index >= 15 is 0 Å². The second-order valence-electron chi connectivity index (χ2n) is 16.7. The summed E-state index contributed by atoms with van der Waals surface area (Å²) in [4.78, 5) is 9.87. The predicted octanol–water partition coefficient (Wildman–Crippen LogP) is 15.6. The van der Waals surface area contributed by atoms with Crippen LogP contribution in [0.2, 0.25) is 0 Å². The zero-order valence-corrected chi connectivity index (χ0v) is 38.1. The third kappa shape index (κ3) is 8.77. The number of aromatic nitrogens is 3. The molecule has 0 saturated carbocycles. The molecule has 0 saturated heterocycles. The summed E-state index contributed by atoms with van der Waals surface area (Å²) >= 11 is 0. The Morgan fingerprint density at radius 2 is 1.31 bits per heavy atom. The molecule has 0 aliphatic heterocycles. The quantitative estimate of drug-likeness (QED) is 0.142. The van der Waals surface area contributed by atoms with Gasteiger partial charge in [0.2, 0.25) is 0 Å². The molecule has 0 aliphatic rings. The first-order valence-electron chi connectivity index (χ1n) is 28.4. The Kier molecular flexibility index (Phi) is 7.85. The van der Waals surface area contributed by atoms with Crippen LogP contribution < -0.4 is 4.74 Å². The molecule has 2 aromatic heterocycles. The molecule has 0 bridgehead atoms. The van der Waals surface area contributed by atoms with Crippen LogP contribution in [-0.4, -0.2) is 14.5 Å². The van der Waals surface area contributed by atoms with Crippen LogP contribution in [-0.2, 0) is 31.9 Å². The first-order chi connectivity index (χ1) is 36.9. The Bertz CT molecular complexity index is 3820. The number of para-hydroxylation sites is 1. The molecule has 320 valence electrons. The molecule has 0 spiro atoms. The van der Waals surface area contributed by atoms with E-state index < -0.39 is 85.1 Å². The normalized spacial score (nSPS) is 15.9. The Balaban J connectivity index is 0.00000841. The molecule has 0 fully saturated rings. The van der Waals surface area contributed by atoms with Crippen LogP contribution in [0.4, 0.5) is 0 Å². The van der Waals surface area contributed by atoms with Crippen molar-refractivity contribution in [3.8, 4) is 78.6 Å². The van der Waals surface area contributed by atoms with E-state index in [1.165, 1.54) is 0 Å². The number of ether oxygens (including phenoxy) is 1. The van der Waals surface area contributed by atoms with E-state index in [1.54, 1.807) is 6.07 Å². The standard InChI is InChI=1S/C59H53N3O.Pt/c1-38-29-39(2)56(63-9)52(30-38)57-61-55-51(21-16-22-54(55)62(57)50-35-45(41-19-14-11-15-20-41)34-49(37-50)59(6,7)8)46-31-44(40-17-12-10-13-18-40)32-47(33-46)53-36-43(27-28-60-53)42-23-25-48(26-24-42)58(3,4)5;/h10-32,34-37H,9H2,1-8H3;/q-2;+2/i3D3,4D3,5D3,23D,24D,25D,26D,27D,28D,36D;. The summed E-state index contributed by atoms with van der Waals surface area (Å²) < 4.78 is 147. The minimum absolute atomic E-state index is 0. The minimum Gasteiger partial charge on any atom is -0.665 e. The average molecular weight is 1030 g/mol. The van der Waals surface area contributed by atoms with Crippen LogP contribution in [0.15, 0.2) is 164 Å². The second kappa shape index (κ2) is 17.7. The van der Waals surface area contributed by atoms with Crippen LogP contribution in [0.3, 0.4) is 0 Å². The SMILES string of the molecule is [2H]c1nc(-c2[c-]c(-c3cccc4c3nc(-c3cc(C)cc(C)c3O[CH2-])n4-c3cc(-c4ccccc4)cc(C(C)(C)C)c3)cc(-c3ccccc3)c2)c([2H])c(-c2c([2H])c([2H])c(C(C([2H])([2H])[2H])(C([2H])([2H])[2H])C([2H])([2H])[2H])c([2H])c2[2H])c1[2H].[Pt+2]. The van der Waals surface area contributed by atoms with Crippen molar-refractivity contribution in [1.82, 2.24) is 14.5 Å². The van der Waals surface area contributed by atoms with Crippen molar-refractivity contribution in [2.24, 2.45) is 0 Å². The van der Waals surface area contributed by atoms with Gasteiger partial charge in [0, 0.05) is 29.9 Å². The van der Waals surface area contributed by atoms with Gasteiger partial charge >= 0.3 is 21.1 Å². The number of hydrogen-bond acceptors (Lipinski definition) is 3.